The minimum absolute atomic E-state index is 0.0176. The maximum atomic E-state index is 15.4. The van der Waals surface area contributed by atoms with Gasteiger partial charge in [-0.05, 0) is 128 Å². The highest BCUT2D eigenvalue weighted by molar-refractivity contribution is 6.04. The molecule has 0 radical (unpaired) electrons. The Morgan fingerprint density at radius 1 is 0.391 bits per heavy atom. The van der Waals surface area contributed by atoms with Gasteiger partial charge in [-0.15, -0.1) is 0 Å². The molecule has 2 fully saturated rings. The van der Waals surface area contributed by atoms with E-state index in [4.69, 9.17) is 10.8 Å². The number of aromatic hydroxyl groups is 1. The summed E-state index contributed by atoms with van der Waals surface area (Å²) in [5, 5.41) is 144. The number of urea groups is 1. The van der Waals surface area contributed by atoms with Gasteiger partial charge in [-0.2, -0.15) is 0 Å². The van der Waals surface area contributed by atoms with Gasteiger partial charge in [0.25, 0.3) is 5.91 Å². The number of benzene rings is 5. The normalized spacial score (nSPS) is 16.7. The monoisotopic (exact) mass is 1860 g/mol. The second-order valence-corrected chi connectivity index (χ2v) is 31.9. The number of unbranched alkanes of at least 4 members (excludes halogenated alkanes) is 1. The van der Waals surface area contributed by atoms with E-state index in [1.54, 1.807) is 48.5 Å². The standard InChI is InChI=1S/C86H107N15O32/c87-55-16-10-47(11-17-55)36-62(91-67(104)24-22-65(83(130)131)101-34-32-99(45-71(110)111)30-28-98(44-70(108)109)29-31-100(33-35-101)46-72(112)113)75(116)93-63(37-48-12-18-56(102)19-13-48)76(117)97-86(43-57(86)51-15-14-49-6-1-2-7-50(49)38-51)84(132)94-59(80(124)125)8-3-4-26-89-74(115)64(92-73(114)52-39-53(77(118)119)41-54(40-52)78(120)121)42-68(105)88-27-5-9-58(79(122)123)90-66(103)23-20-60(81(126)127)95-85(133)96-61(82(128)129)21-25-69(106)107/h1-2,6-7,10-19,38-41,57-65,102H,3-5,8-9,20-37,42-46,87H2,(H,88,105)(H,89,115)(H,90,103)(H,91,104)(H,92,114)(H,93,116)(H,94,132)(H,97,117)(H,106,107)(H,108,109)(H,110,111)(H,112,113)(H,118,119)(H,120,121)(H,122,123)(H,124,125)(H,126,127)(H,128,129)(H,130,131)(H2,95,96,133)/t57?,58?,59-,60+,61+,62+,63-,64-,65?,86?/m1/s1. The number of nitrogen functional groups attached to an aromatic ring is 1. The van der Waals surface area contributed by atoms with E-state index < -0.39 is 266 Å². The van der Waals surface area contributed by atoms with Crippen LogP contribution in [0, 0.1) is 0 Å². The molecule has 1 saturated heterocycles. The Balaban J connectivity index is 1.06. The first-order chi connectivity index (χ1) is 62.9. The Morgan fingerprint density at radius 3 is 1.36 bits per heavy atom. The van der Waals surface area contributed by atoms with Gasteiger partial charge in [-0.1, -0.05) is 66.7 Å². The first-order valence-corrected chi connectivity index (χ1v) is 42.1. The fourth-order valence-electron chi connectivity index (χ4n) is 14.7. The Kier molecular flexibility index (Phi) is 40.1. The maximum Gasteiger partial charge on any atom is 0.335 e. The molecule has 7 rings (SSSR count). The lowest BCUT2D eigenvalue weighted by atomic mass is 9.99. The number of fused-ring (bicyclic) bond motifs is 1. The molecule has 4 unspecified atom stereocenters. The van der Waals surface area contributed by atoms with Crippen LogP contribution in [0.3, 0.4) is 0 Å². The molecule has 1 saturated carbocycles. The highest BCUT2D eigenvalue weighted by Gasteiger charge is 2.62. The minimum Gasteiger partial charge on any atom is -0.508 e. The number of nitrogens with two attached hydrogens (primary N) is 1. The van der Waals surface area contributed by atoms with Crippen LogP contribution in [-0.2, 0) is 89.6 Å². The molecule has 47 nitrogen and oxygen atoms in total. The molecule has 5 aromatic rings. The molecule has 0 bridgehead atoms. The lowest BCUT2D eigenvalue weighted by Crippen LogP contribution is -2.60. The summed E-state index contributed by atoms with van der Waals surface area (Å²) in [6.07, 6.45) is -6.61. The molecule has 1 aliphatic heterocycles. The van der Waals surface area contributed by atoms with E-state index in [1.165, 1.54) is 56.0 Å². The average molecular weight is 1860 g/mol. The zero-order valence-electron chi connectivity index (χ0n) is 71.8. The number of carboxylic acids is 11. The van der Waals surface area contributed by atoms with E-state index in [-0.39, 0.29) is 116 Å². The first-order valence-electron chi connectivity index (χ1n) is 42.1. The van der Waals surface area contributed by atoms with Crippen molar-refractivity contribution in [2.45, 2.75) is 156 Å². The highest BCUT2D eigenvalue weighted by Crippen LogP contribution is 2.52. The van der Waals surface area contributed by atoms with E-state index in [0.717, 1.165) is 23.6 Å². The number of hydrogen-bond acceptors (Lipinski definition) is 26. The molecular formula is C86H107N15O32. The van der Waals surface area contributed by atoms with Crippen molar-refractivity contribution in [3.63, 3.8) is 0 Å². The van der Waals surface area contributed by atoms with Gasteiger partial charge in [-0.3, -0.25) is 81.9 Å². The van der Waals surface area contributed by atoms with Crippen molar-refractivity contribution in [1.29, 1.82) is 0 Å². The molecule has 24 N–H and O–H groups in total. The van der Waals surface area contributed by atoms with E-state index in [0.29, 0.717) is 27.8 Å². The number of carbonyl (C=O) groups excluding carboxylic acids is 9. The SMILES string of the molecule is Nc1ccc(C[C@H](NC(=O)CCC(C(=O)O)N2CCN(CC(=O)O)CCN(CC(=O)O)CCN(CC(=O)O)CC2)C(=O)N[C@H](Cc2ccc(O)cc2)C(=O)NC2(C(=O)N[C@H](CCCCNC(=O)[C@@H](CC(=O)NCCCC(NC(=O)CC[C@H](NC(=O)N[C@@H](CCC(=O)O)C(=O)O)C(=O)O)C(=O)O)NC(=O)c3cc(C(=O)O)cc(C(=O)O)c3)C(=O)O)CC2c2ccc3ccccc3c2)cc1. The van der Waals surface area contributed by atoms with Gasteiger partial charge >= 0.3 is 71.7 Å². The summed E-state index contributed by atoms with van der Waals surface area (Å²) >= 11 is 0. The van der Waals surface area contributed by atoms with E-state index in [2.05, 4.69) is 42.5 Å². The number of carbonyl (C=O) groups is 20. The van der Waals surface area contributed by atoms with Crippen LogP contribution in [0.1, 0.15) is 137 Å². The van der Waals surface area contributed by atoms with Gasteiger partial charge in [-0.25, -0.2) is 33.6 Å². The Morgan fingerprint density at radius 2 is 0.850 bits per heavy atom. The number of aromatic carboxylic acids is 2. The maximum absolute atomic E-state index is 15.4. The number of carboxylic acid groups (broad SMARTS) is 11. The Bertz CT molecular complexity index is 5030. The first kappa shape index (κ1) is 105. The molecule has 47 heteroatoms. The largest absolute Gasteiger partial charge is 0.508 e. The van der Waals surface area contributed by atoms with Crippen molar-refractivity contribution in [1.82, 2.24) is 72.8 Å². The number of amides is 10. The van der Waals surface area contributed by atoms with E-state index >= 15 is 14.4 Å². The summed E-state index contributed by atoms with van der Waals surface area (Å²) in [5.74, 6) is -25.6. The summed E-state index contributed by atoms with van der Waals surface area (Å²) in [5.41, 5.74) is 3.68. The van der Waals surface area contributed by atoms with Crippen molar-refractivity contribution < 1.29 is 157 Å². The van der Waals surface area contributed by atoms with Gasteiger partial charge in [0.1, 0.15) is 59.6 Å². The number of anilines is 1. The number of nitrogens with one attached hydrogen (secondary N) is 10. The molecule has 5 aromatic carbocycles. The molecule has 10 atom stereocenters. The highest BCUT2D eigenvalue weighted by atomic mass is 16.4. The Hall–Kier alpha value is -15.0. The average Bonchev–Trinajstić information content (AvgIpc) is 1.56. The lowest BCUT2D eigenvalue weighted by molar-refractivity contribution is -0.145. The number of aliphatic carboxylic acids is 9. The van der Waals surface area contributed by atoms with E-state index in [9.17, 15) is 138 Å². The minimum atomic E-state index is -1.99. The number of phenolic OH excluding ortho intramolecular Hbond substituents is 1. The fraction of sp³-hybridized carbons (Fsp3) is 0.442. The molecule has 0 spiro atoms. The summed E-state index contributed by atoms with van der Waals surface area (Å²) < 4.78 is 0. The van der Waals surface area contributed by atoms with Crippen molar-refractivity contribution in [2.75, 3.05) is 90.8 Å². The molecular weight excluding hydrogens is 1760 g/mol. The molecule has 2 aliphatic rings. The van der Waals surface area contributed by atoms with Gasteiger partial charge in [0.15, 0.2) is 0 Å². The molecule has 10 amide bonds. The number of hydrogen-bond donors (Lipinski definition) is 23. The topological polar surface area (TPSA) is 743 Å². The number of rotatable bonds is 52. The predicted octanol–water partition coefficient (Wildman–Crippen LogP) is -1.61. The van der Waals surface area contributed by atoms with Gasteiger partial charge in [0.2, 0.25) is 41.4 Å². The summed E-state index contributed by atoms with van der Waals surface area (Å²) in [6, 6.07) is 11.3. The van der Waals surface area contributed by atoms with Crippen LogP contribution >= 0.6 is 0 Å². The zero-order valence-corrected chi connectivity index (χ0v) is 71.8. The molecule has 1 aliphatic carbocycles. The molecule has 1 heterocycles. The van der Waals surface area contributed by atoms with Crippen LogP contribution in [-0.4, -0.2) is 339 Å². The van der Waals surface area contributed by atoms with Crippen LogP contribution in [0.15, 0.2) is 109 Å². The zero-order chi connectivity index (χ0) is 97.9. The third-order valence-corrected chi connectivity index (χ3v) is 21.9. The predicted molar refractivity (Wildman–Crippen MR) is 462 cm³/mol. The fourth-order valence-corrected chi connectivity index (χ4v) is 14.7. The summed E-state index contributed by atoms with van der Waals surface area (Å²) in [6.45, 7) is -2.45. The van der Waals surface area contributed by atoms with Crippen molar-refractivity contribution in [3.05, 3.63) is 143 Å². The number of phenols is 1. The van der Waals surface area contributed by atoms with Crippen LogP contribution in [0.25, 0.3) is 10.8 Å². The second kappa shape index (κ2) is 50.8. The third kappa shape index (κ3) is 34.8. The van der Waals surface area contributed by atoms with Gasteiger partial charge in [0.05, 0.1) is 37.2 Å². The molecule has 0 aromatic heterocycles. The van der Waals surface area contributed by atoms with E-state index in [1.807, 2.05) is 16.7 Å². The molecule has 718 valence electrons. The third-order valence-electron chi connectivity index (χ3n) is 21.9. The summed E-state index contributed by atoms with van der Waals surface area (Å²) in [4.78, 5) is 266. The van der Waals surface area contributed by atoms with Crippen LogP contribution in [0.2, 0.25) is 0 Å². The smallest absolute Gasteiger partial charge is 0.335 e. The molecule has 133 heavy (non-hydrogen) atoms. The van der Waals surface area contributed by atoms with Crippen molar-refractivity contribution in [2.24, 2.45) is 0 Å². The number of nitrogens with zero attached hydrogens (tertiary/aromatic N) is 4. The van der Waals surface area contributed by atoms with Crippen LogP contribution < -0.4 is 58.9 Å². The van der Waals surface area contributed by atoms with Gasteiger partial charge in [0, 0.05) is 115 Å². The second-order valence-electron chi connectivity index (χ2n) is 31.9. The van der Waals surface area contributed by atoms with Gasteiger partial charge < -0.3 is 120 Å². The van der Waals surface area contributed by atoms with Crippen molar-refractivity contribution in [3.8, 4) is 5.75 Å². The van der Waals surface area contributed by atoms with Crippen molar-refractivity contribution >= 4 is 135 Å². The quantitative estimate of drug-likeness (QED) is 0.0154. The van der Waals surface area contributed by atoms with Crippen LogP contribution in [0.4, 0.5) is 10.5 Å². The van der Waals surface area contributed by atoms with Crippen LogP contribution in [0.5, 0.6) is 5.75 Å². The lowest BCUT2D eigenvalue weighted by Gasteiger charge is -2.35. The Labute approximate surface area is 757 Å². The summed E-state index contributed by atoms with van der Waals surface area (Å²) in [7, 11) is 0.